The van der Waals surface area contributed by atoms with Crippen LogP contribution >= 0.6 is 23.5 Å². The molecule has 1 aromatic heterocycles. The SMILES string of the molecule is CC(=O)NCC#Cc1cn([C@H]2CC(O)[C@@H](COP(=O)(O)OP(=O)(O)OP(=O)(O)O)O2)c(=O)[nH]c1=O. The highest BCUT2D eigenvalue weighted by Gasteiger charge is 2.43. The molecule has 0 radical (unpaired) electrons. The number of phosphoric acid groups is 3. The molecule has 5 atom stereocenters. The molecule has 1 aromatic rings. The smallest absolute Gasteiger partial charge is 0.390 e. The minimum atomic E-state index is -5.73. The molecular weight excluding hydrogens is 543 g/mol. The summed E-state index contributed by atoms with van der Waals surface area (Å²) in [6.45, 7) is 0.246. The monoisotopic (exact) mass is 563 g/mol. The molecule has 2 heterocycles. The molecule has 0 spiro atoms. The molecule has 196 valence electrons. The highest BCUT2D eigenvalue weighted by molar-refractivity contribution is 7.66. The molecule has 1 amide bonds. The van der Waals surface area contributed by atoms with Crippen LogP contribution in [0.15, 0.2) is 15.8 Å². The lowest BCUT2D eigenvalue weighted by molar-refractivity contribution is -0.118. The van der Waals surface area contributed by atoms with E-state index < -0.39 is 59.8 Å². The predicted octanol–water partition coefficient (Wildman–Crippen LogP) is -1.98. The van der Waals surface area contributed by atoms with E-state index in [4.69, 9.17) is 19.4 Å². The van der Waals surface area contributed by atoms with Crippen LogP contribution < -0.4 is 16.6 Å². The third-order valence-electron chi connectivity index (χ3n) is 3.95. The van der Waals surface area contributed by atoms with Crippen molar-refractivity contribution in [1.82, 2.24) is 14.9 Å². The number of carbonyl (C=O) groups is 1. The molecule has 1 saturated heterocycles. The Labute approximate surface area is 195 Å². The molecule has 0 bridgehead atoms. The zero-order chi connectivity index (χ0) is 26.6. The van der Waals surface area contributed by atoms with Crippen molar-refractivity contribution in [2.24, 2.45) is 0 Å². The number of amides is 1. The van der Waals surface area contributed by atoms with E-state index in [1.807, 2.05) is 4.98 Å². The Hall–Kier alpha value is -1.96. The number of aromatic nitrogens is 2. The first-order chi connectivity index (χ1) is 16.0. The van der Waals surface area contributed by atoms with Gasteiger partial charge in [0.15, 0.2) is 0 Å². The third-order valence-corrected chi connectivity index (χ3v) is 7.75. The summed E-state index contributed by atoms with van der Waals surface area (Å²) in [5.41, 5.74) is -1.94. The molecule has 3 unspecified atom stereocenters. The fourth-order valence-corrected chi connectivity index (χ4v) is 5.63. The van der Waals surface area contributed by atoms with E-state index in [1.165, 1.54) is 6.92 Å². The molecule has 1 aliphatic heterocycles. The van der Waals surface area contributed by atoms with Gasteiger partial charge in [0.25, 0.3) is 5.56 Å². The fourth-order valence-electron chi connectivity index (χ4n) is 2.60. The van der Waals surface area contributed by atoms with Gasteiger partial charge in [0.05, 0.1) is 19.3 Å². The van der Waals surface area contributed by atoms with Gasteiger partial charge in [-0.1, -0.05) is 11.8 Å². The maximum Gasteiger partial charge on any atom is 0.490 e. The number of rotatable bonds is 9. The standard InChI is InChI=1S/C14H20N3O15P3/c1-8(18)15-4-2-3-9-6-17(14(21)16-13(9)20)12-5-10(19)11(30-12)7-29-34(25,26)32-35(27,28)31-33(22,23)24/h6,10-12,19H,4-5,7H2,1H3,(H,15,18)(H,25,26)(H,27,28)(H,16,20,21)(H2,22,23,24)/t10?,11-,12-/m1/s1. The molecular formula is C14H20N3O15P3. The van der Waals surface area contributed by atoms with Gasteiger partial charge in [-0.3, -0.25) is 23.7 Å². The molecule has 1 fully saturated rings. The zero-order valence-electron chi connectivity index (χ0n) is 17.5. The third kappa shape index (κ3) is 9.54. The van der Waals surface area contributed by atoms with Crippen LogP contribution in [0.4, 0.5) is 0 Å². The second-order valence-corrected chi connectivity index (χ2v) is 11.2. The summed E-state index contributed by atoms with van der Waals surface area (Å²) in [5, 5.41) is 12.5. The van der Waals surface area contributed by atoms with Crippen molar-refractivity contribution in [2.75, 3.05) is 13.2 Å². The van der Waals surface area contributed by atoms with Crippen molar-refractivity contribution >= 4 is 29.4 Å². The number of aliphatic hydroxyl groups is 1. The van der Waals surface area contributed by atoms with Crippen LogP contribution in [0.2, 0.25) is 0 Å². The van der Waals surface area contributed by atoms with Gasteiger partial charge >= 0.3 is 29.2 Å². The van der Waals surface area contributed by atoms with E-state index in [0.29, 0.717) is 0 Å². The van der Waals surface area contributed by atoms with E-state index in [-0.39, 0.29) is 24.4 Å². The first-order valence-corrected chi connectivity index (χ1v) is 13.7. The van der Waals surface area contributed by atoms with Gasteiger partial charge in [-0.25, -0.2) is 18.5 Å². The van der Waals surface area contributed by atoms with Crippen molar-refractivity contribution in [1.29, 1.82) is 0 Å². The average Bonchev–Trinajstić information content (AvgIpc) is 3.02. The van der Waals surface area contributed by atoms with E-state index in [9.17, 15) is 38.1 Å². The molecule has 0 saturated carbocycles. The molecule has 0 aliphatic carbocycles. The summed E-state index contributed by atoms with van der Waals surface area (Å²) in [4.78, 5) is 72.6. The van der Waals surface area contributed by atoms with Gasteiger partial charge in [-0.15, -0.1) is 0 Å². The second-order valence-electron chi connectivity index (χ2n) is 6.74. The first-order valence-electron chi connectivity index (χ1n) is 9.19. The number of aromatic amines is 1. The Morgan fingerprint density at radius 1 is 1.23 bits per heavy atom. The lowest BCUT2D eigenvalue weighted by Gasteiger charge is -2.19. The summed E-state index contributed by atoms with van der Waals surface area (Å²) in [6.07, 6.45) is -3.24. The number of H-pyrrole nitrogens is 1. The molecule has 35 heavy (non-hydrogen) atoms. The number of nitrogens with zero attached hydrogens (tertiary/aromatic N) is 1. The van der Waals surface area contributed by atoms with Gasteiger partial charge in [-0.05, 0) is 0 Å². The first kappa shape index (κ1) is 29.3. The maximum absolute atomic E-state index is 12.2. The quantitative estimate of drug-likeness (QED) is 0.127. The highest BCUT2D eigenvalue weighted by Crippen LogP contribution is 2.66. The van der Waals surface area contributed by atoms with Crippen molar-refractivity contribution in [3.63, 3.8) is 0 Å². The Kier molecular flexibility index (Phi) is 9.53. The van der Waals surface area contributed by atoms with Crippen molar-refractivity contribution in [3.05, 3.63) is 32.6 Å². The van der Waals surface area contributed by atoms with Crippen LogP contribution in [0.3, 0.4) is 0 Å². The van der Waals surface area contributed by atoms with Gasteiger partial charge in [0.2, 0.25) is 5.91 Å². The molecule has 21 heteroatoms. The molecule has 2 rings (SSSR count). The minimum Gasteiger partial charge on any atom is -0.390 e. The summed E-state index contributed by atoms with van der Waals surface area (Å²) in [6, 6.07) is 0. The lowest BCUT2D eigenvalue weighted by Crippen LogP contribution is -2.33. The number of aliphatic hydroxyl groups excluding tert-OH is 1. The lowest BCUT2D eigenvalue weighted by atomic mass is 10.2. The fraction of sp³-hybridized carbons (Fsp3) is 0.500. The summed E-state index contributed by atoms with van der Waals surface area (Å²) >= 11 is 0. The summed E-state index contributed by atoms with van der Waals surface area (Å²) in [7, 11) is -16.7. The predicted molar refractivity (Wildman–Crippen MR) is 111 cm³/mol. The van der Waals surface area contributed by atoms with Gasteiger partial charge in [0.1, 0.15) is 17.9 Å². The molecule has 18 nitrogen and oxygen atoms in total. The molecule has 7 N–H and O–H groups in total. The minimum absolute atomic E-state index is 0.0742. The number of nitrogens with one attached hydrogen (secondary N) is 2. The Morgan fingerprint density at radius 2 is 1.89 bits per heavy atom. The Morgan fingerprint density at radius 3 is 2.49 bits per heavy atom. The van der Waals surface area contributed by atoms with Crippen LogP contribution in [-0.4, -0.2) is 65.5 Å². The zero-order valence-corrected chi connectivity index (χ0v) is 20.2. The topological polar surface area (TPSA) is 273 Å². The summed E-state index contributed by atoms with van der Waals surface area (Å²) < 4.78 is 51.6. The van der Waals surface area contributed by atoms with Crippen LogP contribution in [0, 0.1) is 11.8 Å². The molecule has 0 aromatic carbocycles. The number of ether oxygens (including phenoxy) is 1. The molecule has 1 aliphatic rings. The Bertz CT molecular complexity index is 1270. The van der Waals surface area contributed by atoms with Gasteiger partial charge in [-0.2, -0.15) is 8.62 Å². The van der Waals surface area contributed by atoms with Crippen molar-refractivity contribution in [2.45, 2.75) is 31.8 Å². The van der Waals surface area contributed by atoms with E-state index in [2.05, 4.69) is 30.3 Å². The average molecular weight is 563 g/mol. The van der Waals surface area contributed by atoms with E-state index in [0.717, 1.165) is 10.8 Å². The van der Waals surface area contributed by atoms with Gasteiger partial charge < -0.3 is 34.7 Å². The van der Waals surface area contributed by atoms with Crippen molar-refractivity contribution in [3.8, 4) is 11.8 Å². The number of phosphoric ester groups is 1. The largest absolute Gasteiger partial charge is 0.490 e. The maximum atomic E-state index is 12.2. The van der Waals surface area contributed by atoms with E-state index in [1.54, 1.807) is 0 Å². The number of hydrogen-bond acceptors (Lipinski definition) is 11. The van der Waals surface area contributed by atoms with Crippen LogP contribution in [0.25, 0.3) is 0 Å². The normalized spacial score (nSPS) is 23.5. The van der Waals surface area contributed by atoms with Crippen molar-refractivity contribution < 1.29 is 61.1 Å². The van der Waals surface area contributed by atoms with Crippen LogP contribution in [-0.2, 0) is 36.4 Å². The summed E-state index contributed by atoms with van der Waals surface area (Å²) in [5.74, 6) is 4.59. The van der Waals surface area contributed by atoms with Crippen LogP contribution in [0.5, 0.6) is 0 Å². The number of carbonyl (C=O) groups excluding carboxylic acids is 1. The highest BCUT2D eigenvalue weighted by atomic mass is 31.3. The second kappa shape index (κ2) is 11.4. The number of hydrogen-bond donors (Lipinski definition) is 7. The van der Waals surface area contributed by atoms with Crippen LogP contribution in [0.1, 0.15) is 25.1 Å². The Balaban J connectivity index is 2.09. The van der Waals surface area contributed by atoms with E-state index >= 15 is 0 Å². The van der Waals surface area contributed by atoms with Gasteiger partial charge in [0, 0.05) is 19.5 Å².